The van der Waals surface area contributed by atoms with Crippen molar-refractivity contribution in [1.29, 1.82) is 0 Å². The number of carbonyl (C=O) groups is 2. The SMILES string of the molecule is COc1ccc2c3c1O[C@H]1C(=O)CC[C@@H](C=C2)[C@@]31CC=O. The number of benzene rings is 1. The van der Waals surface area contributed by atoms with Crippen LogP contribution in [0.5, 0.6) is 11.5 Å². The summed E-state index contributed by atoms with van der Waals surface area (Å²) in [5.41, 5.74) is 1.48. The molecular weight excluding hydrogens is 268 g/mol. The van der Waals surface area contributed by atoms with E-state index in [1.807, 2.05) is 12.1 Å². The molecule has 108 valence electrons. The van der Waals surface area contributed by atoms with Gasteiger partial charge in [-0.3, -0.25) is 4.79 Å². The highest BCUT2D eigenvalue weighted by Gasteiger charge is 2.60. The van der Waals surface area contributed by atoms with Crippen molar-refractivity contribution in [1.82, 2.24) is 0 Å². The zero-order valence-corrected chi connectivity index (χ0v) is 11.8. The zero-order valence-electron chi connectivity index (χ0n) is 11.8. The number of rotatable bonds is 3. The summed E-state index contributed by atoms with van der Waals surface area (Å²) < 4.78 is 11.4. The van der Waals surface area contributed by atoms with Crippen molar-refractivity contribution in [3.05, 3.63) is 29.3 Å². The molecule has 4 heteroatoms. The van der Waals surface area contributed by atoms with Crippen LogP contribution in [0.25, 0.3) is 6.08 Å². The summed E-state index contributed by atoms with van der Waals surface area (Å²) in [6.45, 7) is 0. The van der Waals surface area contributed by atoms with Crippen LogP contribution in [0.2, 0.25) is 0 Å². The van der Waals surface area contributed by atoms with Crippen LogP contribution >= 0.6 is 0 Å². The van der Waals surface area contributed by atoms with Gasteiger partial charge in [0.15, 0.2) is 23.4 Å². The number of hydrogen-bond donors (Lipinski definition) is 0. The molecule has 0 spiro atoms. The molecule has 0 radical (unpaired) electrons. The summed E-state index contributed by atoms with van der Waals surface area (Å²) in [6, 6.07) is 3.83. The highest BCUT2D eigenvalue weighted by atomic mass is 16.5. The van der Waals surface area contributed by atoms with Crippen LogP contribution in [0.3, 0.4) is 0 Å². The molecule has 0 unspecified atom stereocenters. The Hall–Kier alpha value is -2.10. The topological polar surface area (TPSA) is 52.6 Å². The molecule has 3 atom stereocenters. The molecule has 0 aromatic heterocycles. The van der Waals surface area contributed by atoms with Gasteiger partial charge in [-0.05, 0) is 24.0 Å². The van der Waals surface area contributed by atoms with Crippen LogP contribution < -0.4 is 9.47 Å². The second-order valence-electron chi connectivity index (χ2n) is 5.94. The molecule has 0 bridgehead atoms. The minimum absolute atomic E-state index is 0.0904. The lowest BCUT2D eigenvalue weighted by molar-refractivity contribution is -0.132. The number of methoxy groups -OCH3 is 1. The van der Waals surface area contributed by atoms with E-state index in [2.05, 4.69) is 12.2 Å². The molecule has 1 heterocycles. The molecule has 1 fully saturated rings. The first-order valence-corrected chi connectivity index (χ1v) is 7.25. The van der Waals surface area contributed by atoms with Crippen LogP contribution in [-0.4, -0.2) is 25.3 Å². The zero-order chi connectivity index (χ0) is 14.6. The molecule has 3 aliphatic rings. The maximum absolute atomic E-state index is 12.4. The van der Waals surface area contributed by atoms with E-state index < -0.39 is 11.5 Å². The third kappa shape index (κ3) is 1.40. The summed E-state index contributed by atoms with van der Waals surface area (Å²) in [5, 5.41) is 0. The maximum atomic E-state index is 12.4. The second-order valence-corrected chi connectivity index (χ2v) is 5.94. The third-order valence-corrected chi connectivity index (χ3v) is 5.13. The van der Waals surface area contributed by atoms with Crippen molar-refractivity contribution in [2.75, 3.05) is 7.11 Å². The first kappa shape index (κ1) is 12.6. The predicted molar refractivity (Wildman–Crippen MR) is 76.5 cm³/mol. The third-order valence-electron chi connectivity index (χ3n) is 5.13. The van der Waals surface area contributed by atoms with E-state index in [0.717, 1.165) is 23.8 Å². The van der Waals surface area contributed by atoms with Crippen LogP contribution in [0.1, 0.15) is 30.4 Å². The normalized spacial score (nSPS) is 31.6. The fraction of sp³-hybridized carbons (Fsp3) is 0.412. The van der Waals surface area contributed by atoms with E-state index in [-0.39, 0.29) is 11.7 Å². The Balaban J connectivity index is 2.03. The Morgan fingerprint density at radius 2 is 2.33 bits per heavy atom. The van der Waals surface area contributed by atoms with Crippen molar-refractivity contribution in [3.8, 4) is 11.5 Å². The predicted octanol–water partition coefficient (Wildman–Crippen LogP) is 2.29. The van der Waals surface area contributed by atoms with Gasteiger partial charge < -0.3 is 14.3 Å². The van der Waals surface area contributed by atoms with Crippen LogP contribution in [0.4, 0.5) is 0 Å². The Morgan fingerprint density at radius 3 is 3.10 bits per heavy atom. The van der Waals surface area contributed by atoms with Gasteiger partial charge in [0.05, 0.1) is 12.5 Å². The summed E-state index contributed by atoms with van der Waals surface area (Å²) in [5.74, 6) is 1.54. The number of ketones is 1. The molecule has 1 saturated carbocycles. The Bertz CT molecular complexity index is 676. The average molecular weight is 284 g/mol. The first-order chi connectivity index (χ1) is 10.2. The number of aldehydes is 1. The van der Waals surface area contributed by atoms with E-state index in [1.54, 1.807) is 7.11 Å². The monoisotopic (exact) mass is 284 g/mol. The maximum Gasteiger partial charge on any atom is 0.174 e. The van der Waals surface area contributed by atoms with Gasteiger partial charge in [0.1, 0.15) is 6.29 Å². The van der Waals surface area contributed by atoms with Crippen LogP contribution in [0, 0.1) is 5.92 Å². The lowest BCUT2D eigenvalue weighted by Gasteiger charge is -2.43. The lowest BCUT2D eigenvalue weighted by atomic mass is 9.57. The van der Waals surface area contributed by atoms with Crippen molar-refractivity contribution in [2.24, 2.45) is 5.92 Å². The highest BCUT2D eigenvalue weighted by molar-refractivity contribution is 5.91. The summed E-state index contributed by atoms with van der Waals surface area (Å²) in [4.78, 5) is 23.7. The number of ether oxygens (including phenoxy) is 2. The molecule has 4 nitrogen and oxygen atoms in total. The Morgan fingerprint density at radius 1 is 1.48 bits per heavy atom. The van der Waals surface area contributed by atoms with Gasteiger partial charge >= 0.3 is 0 Å². The van der Waals surface area contributed by atoms with Gasteiger partial charge in [0.2, 0.25) is 0 Å². The molecule has 4 rings (SSSR count). The highest BCUT2D eigenvalue weighted by Crippen LogP contribution is 2.59. The summed E-state index contributed by atoms with van der Waals surface area (Å²) >= 11 is 0. The number of hydrogen-bond acceptors (Lipinski definition) is 4. The molecule has 0 amide bonds. The number of allylic oxidation sites excluding steroid dienone is 1. The minimum atomic E-state index is -0.559. The lowest BCUT2D eigenvalue weighted by Crippen LogP contribution is -2.53. The van der Waals surface area contributed by atoms with Gasteiger partial charge in [-0.1, -0.05) is 18.2 Å². The Kier molecular flexibility index (Phi) is 2.52. The fourth-order valence-electron chi connectivity index (χ4n) is 4.23. The molecule has 0 saturated heterocycles. The number of carbonyl (C=O) groups excluding carboxylic acids is 2. The van der Waals surface area contributed by atoms with Crippen molar-refractivity contribution in [3.63, 3.8) is 0 Å². The second kappa shape index (κ2) is 4.20. The van der Waals surface area contributed by atoms with Gasteiger partial charge in [-0.15, -0.1) is 0 Å². The molecule has 1 aromatic rings. The molecule has 21 heavy (non-hydrogen) atoms. The average Bonchev–Trinajstić information content (AvgIpc) is 2.85. The minimum Gasteiger partial charge on any atom is -0.493 e. The Labute approximate surface area is 122 Å². The van der Waals surface area contributed by atoms with E-state index in [4.69, 9.17) is 9.47 Å². The smallest absolute Gasteiger partial charge is 0.174 e. The quantitative estimate of drug-likeness (QED) is 0.799. The van der Waals surface area contributed by atoms with Crippen LogP contribution in [-0.2, 0) is 15.0 Å². The molecule has 2 aliphatic carbocycles. The van der Waals surface area contributed by atoms with Gasteiger partial charge in [-0.2, -0.15) is 0 Å². The molecule has 0 N–H and O–H groups in total. The van der Waals surface area contributed by atoms with E-state index in [9.17, 15) is 9.59 Å². The summed E-state index contributed by atoms with van der Waals surface area (Å²) in [6.07, 6.45) is 6.16. The van der Waals surface area contributed by atoms with Crippen molar-refractivity contribution in [2.45, 2.75) is 30.8 Å². The molecule has 1 aliphatic heterocycles. The van der Waals surface area contributed by atoms with E-state index in [1.165, 1.54) is 0 Å². The standard InChI is InChI=1S/C17H16O4/c1-20-13-7-3-10-2-4-11-5-6-12(19)16-17(11,8-9-18)14(10)15(13)21-16/h2-4,7,9,11,16H,5-6,8H2,1H3/t11-,16+,17+/m1/s1. The van der Waals surface area contributed by atoms with Crippen molar-refractivity contribution < 1.29 is 19.1 Å². The summed E-state index contributed by atoms with van der Waals surface area (Å²) in [7, 11) is 1.59. The largest absolute Gasteiger partial charge is 0.493 e. The number of Topliss-reactive ketones (excluding diaryl/α,β-unsaturated/α-hetero) is 1. The van der Waals surface area contributed by atoms with Gasteiger partial charge in [-0.25, -0.2) is 0 Å². The molecular formula is C17H16O4. The van der Waals surface area contributed by atoms with E-state index in [0.29, 0.717) is 24.3 Å². The fourth-order valence-corrected chi connectivity index (χ4v) is 4.23. The van der Waals surface area contributed by atoms with E-state index >= 15 is 0 Å². The van der Waals surface area contributed by atoms with Gasteiger partial charge in [0.25, 0.3) is 0 Å². The van der Waals surface area contributed by atoms with Crippen molar-refractivity contribution >= 4 is 18.1 Å². The van der Waals surface area contributed by atoms with Crippen LogP contribution in [0.15, 0.2) is 18.2 Å². The first-order valence-electron chi connectivity index (χ1n) is 7.25. The molecule has 1 aromatic carbocycles. The van der Waals surface area contributed by atoms with Gasteiger partial charge in [0, 0.05) is 18.4 Å².